The van der Waals surface area contributed by atoms with E-state index < -0.39 is 122 Å². The molecule has 4 saturated heterocycles. The number of nitrogens with zero attached hydrogens (tertiary/aromatic N) is 15. The predicted octanol–water partition coefficient (Wildman–Crippen LogP) is -1.65. The van der Waals surface area contributed by atoms with E-state index in [0.717, 1.165) is 9.13 Å². The van der Waals surface area contributed by atoms with Crippen molar-refractivity contribution in [2.45, 2.75) is 56.3 Å². The highest BCUT2D eigenvalue weighted by Crippen LogP contribution is 2.58. The van der Waals surface area contributed by atoms with E-state index in [1.165, 1.54) is 114 Å². The standard InChI is InChI=1S/C46H75N21O17P4/c1-28-16-66(46(72)56-41(28)68)37-21-61(17-30(82-37)23-77-85(73)57(2)3)87(75,59(6)7)80-26-32-19-63(22-38(84-32)67-27-51-39-40(67)54-43(49)55-42(39)69)88(76,60(8)9)79-25-31-18-62(20-36(83-31)65-13-11-34(48)53-45(65)71)86(74,58(4)5)78-24-29-14-50-15-35(81-29)64-12-10-33(47)52-44(64)70/h10-13,16,27,29-32,35-38,50,85H,14-15,17-26H2,1-9H3,(H2,47,52,70)(H2,48,53,71)(H,56,68,72)(H3,49,54,55,69). The number of fused-ring (bicyclic) bond motifs is 1. The first-order valence-electron chi connectivity index (χ1n) is 27.5. The van der Waals surface area contributed by atoms with E-state index in [2.05, 4.69) is 35.2 Å². The summed E-state index contributed by atoms with van der Waals surface area (Å²) in [5, 5.41) is 3.20. The van der Waals surface area contributed by atoms with E-state index in [0.29, 0.717) is 0 Å². The van der Waals surface area contributed by atoms with Gasteiger partial charge in [-0.15, -0.1) is 0 Å². The summed E-state index contributed by atoms with van der Waals surface area (Å²) in [5.41, 5.74) is 14.2. The van der Waals surface area contributed by atoms with Crippen molar-refractivity contribution in [1.82, 2.24) is 86.2 Å². The van der Waals surface area contributed by atoms with Crippen LogP contribution in [0.25, 0.3) is 11.2 Å². The maximum atomic E-state index is 16.0. The zero-order chi connectivity index (χ0) is 63.7. The third kappa shape index (κ3) is 14.6. The van der Waals surface area contributed by atoms with Crippen LogP contribution in [0.3, 0.4) is 0 Å². The molecule has 5 aromatic rings. The van der Waals surface area contributed by atoms with Crippen LogP contribution < -0.4 is 50.7 Å². The average Bonchev–Trinajstić information content (AvgIpc) is 2.47. The summed E-state index contributed by atoms with van der Waals surface area (Å²) >= 11 is 0. The number of nitrogen functional groups attached to an aromatic ring is 3. The van der Waals surface area contributed by atoms with Crippen LogP contribution in [-0.2, 0) is 55.3 Å². The maximum Gasteiger partial charge on any atom is 0.351 e. The number of ether oxygens (including phenoxy) is 4. The lowest BCUT2D eigenvalue weighted by Gasteiger charge is -2.45. The number of rotatable bonds is 23. The minimum atomic E-state index is -4.33. The summed E-state index contributed by atoms with van der Waals surface area (Å²) in [7, 11) is -3.09. The van der Waals surface area contributed by atoms with Gasteiger partial charge in [0.2, 0.25) is 5.95 Å². The summed E-state index contributed by atoms with van der Waals surface area (Å²) in [5.74, 6) is -0.259. The summed E-state index contributed by atoms with van der Waals surface area (Å²) in [4.78, 5) is 86.0. The Balaban J connectivity index is 0.998. The van der Waals surface area contributed by atoms with Gasteiger partial charge >= 0.3 is 40.1 Å². The molecule has 0 aliphatic carbocycles. The number of H-pyrrole nitrogens is 2. The normalized spacial score (nSPS) is 26.1. The zero-order valence-electron chi connectivity index (χ0n) is 49.8. The molecule has 5 aromatic heterocycles. The first-order chi connectivity index (χ1) is 41.6. The largest absolute Gasteiger partial charge is 0.383 e. The molecule has 38 nitrogen and oxygen atoms in total. The molecule has 0 spiro atoms. The van der Waals surface area contributed by atoms with Gasteiger partial charge in [0.05, 0.1) is 76.8 Å². The number of hydrogen-bond donors (Lipinski definition) is 6. The lowest BCUT2D eigenvalue weighted by Crippen LogP contribution is -2.51. The summed E-state index contributed by atoms with van der Waals surface area (Å²) in [6, 6.07) is 2.85. The third-order valence-corrected chi connectivity index (χ3v) is 23.4. The van der Waals surface area contributed by atoms with Crippen LogP contribution in [0.15, 0.2) is 61.0 Å². The quantitative estimate of drug-likeness (QED) is 0.0399. The molecule has 0 bridgehead atoms. The van der Waals surface area contributed by atoms with Crippen molar-refractivity contribution in [1.29, 1.82) is 0 Å². The minimum Gasteiger partial charge on any atom is -0.383 e. The number of morpholine rings is 4. The van der Waals surface area contributed by atoms with Gasteiger partial charge in [-0.05, 0) is 75.4 Å². The van der Waals surface area contributed by atoms with Crippen LogP contribution >= 0.6 is 31.2 Å². The lowest BCUT2D eigenvalue weighted by atomic mass is 10.3. The Labute approximate surface area is 503 Å². The molecule has 9 rings (SSSR count). The molecule has 0 radical (unpaired) electrons. The molecule has 4 aliphatic rings. The molecular weight excluding hydrogens is 1240 g/mol. The first-order valence-corrected chi connectivity index (χ1v) is 33.4. The van der Waals surface area contributed by atoms with Gasteiger partial charge < -0.3 is 59.6 Å². The van der Waals surface area contributed by atoms with Gasteiger partial charge in [-0.25, -0.2) is 52.1 Å². The second-order valence-corrected chi connectivity index (χ2v) is 31.4. The Morgan fingerprint density at radius 3 is 1.53 bits per heavy atom. The Bertz CT molecular complexity index is 3800. The number of anilines is 3. The molecule has 42 heteroatoms. The molecule has 9 N–H and O–H groups in total. The van der Waals surface area contributed by atoms with Crippen LogP contribution in [0.1, 0.15) is 30.5 Å². The summed E-state index contributed by atoms with van der Waals surface area (Å²) in [6.45, 7) is -0.630. The molecule has 12 unspecified atom stereocenters. The highest BCUT2D eigenvalue weighted by atomic mass is 31.2. The monoisotopic (exact) mass is 1320 g/mol. The van der Waals surface area contributed by atoms with E-state index in [1.807, 2.05) is 0 Å². The Kier molecular flexibility index (Phi) is 20.9. The second kappa shape index (κ2) is 27.5. The minimum absolute atomic E-state index is 0.00641. The molecular formula is C46H75N21O17P4. The number of nitrogens with one attached hydrogen (secondary N) is 3. The topological polar surface area (TPSA) is 443 Å². The molecule has 12 atom stereocenters. The van der Waals surface area contributed by atoms with Crippen LogP contribution in [-0.4, -0.2) is 240 Å². The number of nitrogens with two attached hydrogens (primary N) is 3. The SMILES string of the molecule is Cc1cn(C2CN(P(=O)(OCC3CN(P(=O)(OCC4CN(P(=O)(OCC5CNCC(n6ccc(N)nc6=O)O5)N(C)C)CC(n5ccc(N)nc5=O)O4)N(C)C)CC(n4cnc5c(=O)[nH]c(N)nc54)O3)N(C)C)CC(CO[PH](=O)N(C)C)O2)c(=O)[nH]c1=O. The molecule has 9 heterocycles. The fourth-order valence-electron chi connectivity index (χ4n) is 10.1. The predicted molar refractivity (Wildman–Crippen MR) is 318 cm³/mol. The van der Waals surface area contributed by atoms with Gasteiger partial charge in [0, 0.05) is 56.9 Å². The van der Waals surface area contributed by atoms with Crippen molar-refractivity contribution in [2.24, 2.45) is 0 Å². The fourth-order valence-corrected chi connectivity index (χ4v) is 16.7. The Morgan fingerprint density at radius 2 is 1.05 bits per heavy atom. The highest BCUT2D eigenvalue weighted by Gasteiger charge is 2.49. The third-order valence-electron chi connectivity index (χ3n) is 14.6. The second-order valence-electron chi connectivity index (χ2n) is 21.8. The molecule has 486 valence electrons. The van der Waals surface area contributed by atoms with Crippen molar-refractivity contribution in [3.8, 4) is 0 Å². The molecule has 0 aromatic carbocycles. The zero-order valence-corrected chi connectivity index (χ0v) is 53.5. The van der Waals surface area contributed by atoms with E-state index in [-0.39, 0.29) is 99.9 Å². The van der Waals surface area contributed by atoms with E-state index in [4.69, 9.17) is 54.2 Å². The van der Waals surface area contributed by atoms with Crippen molar-refractivity contribution in [2.75, 3.05) is 152 Å². The van der Waals surface area contributed by atoms with Gasteiger partial charge in [0.25, 0.3) is 19.3 Å². The number of aromatic amines is 2. The van der Waals surface area contributed by atoms with Crippen molar-refractivity contribution in [3.05, 3.63) is 94.8 Å². The van der Waals surface area contributed by atoms with Crippen LogP contribution in [0.4, 0.5) is 17.6 Å². The van der Waals surface area contributed by atoms with Crippen LogP contribution in [0.2, 0.25) is 0 Å². The van der Waals surface area contributed by atoms with Crippen molar-refractivity contribution >= 4 is 59.9 Å². The average molecular weight is 1320 g/mol. The summed E-state index contributed by atoms with van der Waals surface area (Å²) < 4.78 is 125. The molecule has 4 aliphatic heterocycles. The van der Waals surface area contributed by atoms with Gasteiger partial charge in [-0.1, -0.05) is 0 Å². The van der Waals surface area contributed by atoms with Crippen molar-refractivity contribution in [3.63, 3.8) is 0 Å². The molecule has 0 amide bonds. The van der Waals surface area contributed by atoms with Gasteiger partial charge in [-0.3, -0.25) is 56.1 Å². The maximum absolute atomic E-state index is 16.0. The number of imidazole rings is 1. The lowest BCUT2D eigenvalue weighted by molar-refractivity contribution is -0.130. The van der Waals surface area contributed by atoms with Gasteiger partial charge in [-0.2, -0.15) is 15.0 Å². The first kappa shape index (κ1) is 66.9. The van der Waals surface area contributed by atoms with Crippen molar-refractivity contribution < 1.29 is 55.3 Å². The molecule has 4 fully saturated rings. The number of aryl methyl sites for hydroxylation is 1. The van der Waals surface area contributed by atoms with Gasteiger partial charge in [0.15, 0.2) is 29.8 Å². The van der Waals surface area contributed by atoms with Gasteiger partial charge in [0.1, 0.15) is 17.9 Å². The van der Waals surface area contributed by atoms with Crippen LogP contribution in [0, 0.1) is 6.92 Å². The fraction of sp³-hybridized carbons (Fsp3) is 0.630. The Morgan fingerprint density at radius 1 is 0.591 bits per heavy atom. The number of hydrogen-bond acceptors (Lipinski definition) is 25. The van der Waals surface area contributed by atoms with E-state index >= 15 is 13.7 Å². The van der Waals surface area contributed by atoms with Crippen LogP contribution in [0.5, 0.6) is 0 Å². The van der Waals surface area contributed by atoms with E-state index in [1.54, 1.807) is 28.2 Å². The summed E-state index contributed by atoms with van der Waals surface area (Å²) in [6.07, 6.45) is -2.85. The molecule has 0 saturated carbocycles. The smallest absolute Gasteiger partial charge is 0.351 e. The number of aromatic nitrogens is 10. The van der Waals surface area contributed by atoms with E-state index in [9.17, 15) is 28.5 Å². The highest BCUT2D eigenvalue weighted by molar-refractivity contribution is 7.54. The molecule has 88 heavy (non-hydrogen) atoms. The Hall–Kier alpha value is -5.53.